The first-order valence-corrected chi connectivity index (χ1v) is 11.5. The van der Waals surface area contributed by atoms with Crippen LogP contribution in [0.15, 0.2) is 51.8 Å². The lowest BCUT2D eigenvalue weighted by molar-refractivity contribution is -0.142. The fraction of sp³-hybridized carbons (Fsp3) is 0.300. The summed E-state index contributed by atoms with van der Waals surface area (Å²) in [5.41, 5.74) is 0.504. The number of esters is 1. The van der Waals surface area contributed by atoms with E-state index in [0.717, 1.165) is 0 Å². The lowest BCUT2D eigenvalue weighted by Crippen LogP contribution is -2.26. The van der Waals surface area contributed by atoms with Gasteiger partial charge in [0.25, 0.3) is 15.9 Å². The molecule has 0 unspecified atom stereocenters. The third-order valence-electron chi connectivity index (χ3n) is 3.81. The number of sulfonamides is 1. The van der Waals surface area contributed by atoms with E-state index < -0.39 is 21.9 Å². The monoisotopic (exact) mass is 498 g/mol. The minimum atomic E-state index is -3.92. The zero-order valence-electron chi connectivity index (χ0n) is 16.6. The molecule has 0 aliphatic rings. The molecule has 2 aromatic carbocycles. The second-order valence-corrected chi connectivity index (χ2v) is 8.56. The van der Waals surface area contributed by atoms with Gasteiger partial charge in [0.1, 0.15) is 5.75 Å². The summed E-state index contributed by atoms with van der Waals surface area (Å²) in [6.07, 6.45) is 0.0335. The quantitative estimate of drug-likeness (QED) is 0.486. The van der Waals surface area contributed by atoms with Crippen molar-refractivity contribution >= 4 is 43.5 Å². The lowest BCUT2D eigenvalue weighted by Gasteiger charge is -2.12. The van der Waals surface area contributed by atoms with E-state index in [4.69, 9.17) is 9.47 Å². The van der Waals surface area contributed by atoms with Crippen molar-refractivity contribution in [3.8, 4) is 5.75 Å². The average molecular weight is 499 g/mol. The molecule has 2 rings (SSSR count). The van der Waals surface area contributed by atoms with E-state index in [0.29, 0.717) is 22.5 Å². The molecular formula is C20H23BrN2O6S. The van der Waals surface area contributed by atoms with Gasteiger partial charge in [-0.1, -0.05) is 6.07 Å². The van der Waals surface area contributed by atoms with Crippen molar-refractivity contribution in [1.29, 1.82) is 0 Å². The molecule has 2 aromatic rings. The molecule has 30 heavy (non-hydrogen) atoms. The number of benzene rings is 2. The Morgan fingerprint density at radius 1 is 1.07 bits per heavy atom. The van der Waals surface area contributed by atoms with E-state index in [-0.39, 0.29) is 30.0 Å². The Morgan fingerprint density at radius 2 is 1.83 bits per heavy atom. The Bertz CT molecular complexity index is 1010. The minimum Gasteiger partial charge on any atom is -0.493 e. The molecular weight excluding hydrogens is 476 g/mol. The molecule has 0 spiro atoms. The number of anilines is 1. The van der Waals surface area contributed by atoms with E-state index in [1.54, 1.807) is 25.1 Å². The Labute approximate surface area is 184 Å². The number of carbonyl (C=O) groups excluding carboxylic acids is 2. The summed E-state index contributed by atoms with van der Waals surface area (Å²) in [5.74, 6) is -0.304. The summed E-state index contributed by atoms with van der Waals surface area (Å²) < 4.78 is 38.7. The lowest BCUT2D eigenvalue weighted by atomic mass is 10.2. The fourth-order valence-electron chi connectivity index (χ4n) is 2.47. The van der Waals surface area contributed by atoms with Crippen molar-refractivity contribution in [1.82, 2.24) is 5.32 Å². The highest BCUT2D eigenvalue weighted by atomic mass is 79.9. The Kier molecular flexibility index (Phi) is 8.67. The van der Waals surface area contributed by atoms with Gasteiger partial charge in [-0.3, -0.25) is 14.3 Å². The molecule has 0 aliphatic heterocycles. The SMILES string of the molecule is CCOC(=O)CCNC(=O)c1cccc(S(=O)(=O)Nc2ccc(OCC)c(Br)c2)c1. The molecule has 8 nitrogen and oxygen atoms in total. The fourth-order valence-corrected chi connectivity index (χ4v) is 4.06. The molecule has 0 radical (unpaired) electrons. The third kappa shape index (κ3) is 6.74. The molecule has 0 fully saturated rings. The standard InChI is InChI=1S/C20H23BrN2O6S/c1-3-28-18-9-8-15(13-17(18)21)23-30(26,27)16-7-5-6-14(12-16)20(25)22-11-10-19(24)29-4-2/h5-9,12-13,23H,3-4,10-11H2,1-2H3,(H,22,25). The first kappa shape index (κ1) is 23.7. The number of hydrogen-bond donors (Lipinski definition) is 2. The maximum Gasteiger partial charge on any atom is 0.307 e. The number of carbonyl (C=O) groups is 2. The molecule has 0 atom stereocenters. The smallest absolute Gasteiger partial charge is 0.307 e. The molecule has 0 aromatic heterocycles. The van der Waals surface area contributed by atoms with Crippen LogP contribution in [0.3, 0.4) is 0 Å². The second kappa shape index (κ2) is 11.0. The van der Waals surface area contributed by atoms with Crippen LogP contribution in [0, 0.1) is 0 Å². The number of amides is 1. The molecule has 0 saturated heterocycles. The van der Waals surface area contributed by atoms with Gasteiger partial charge in [0.15, 0.2) is 0 Å². The molecule has 0 heterocycles. The van der Waals surface area contributed by atoms with Gasteiger partial charge in [0.2, 0.25) is 0 Å². The van der Waals surface area contributed by atoms with Crippen molar-refractivity contribution < 1.29 is 27.5 Å². The van der Waals surface area contributed by atoms with Gasteiger partial charge >= 0.3 is 5.97 Å². The largest absolute Gasteiger partial charge is 0.493 e. The first-order valence-electron chi connectivity index (χ1n) is 9.26. The van der Waals surface area contributed by atoms with Gasteiger partial charge in [0.05, 0.1) is 34.7 Å². The van der Waals surface area contributed by atoms with E-state index in [1.807, 2.05) is 6.92 Å². The van der Waals surface area contributed by atoms with E-state index in [2.05, 4.69) is 26.0 Å². The number of halogens is 1. The summed E-state index contributed by atoms with van der Waals surface area (Å²) in [6.45, 7) is 4.39. The van der Waals surface area contributed by atoms with Crippen molar-refractivity contribution in [2.75, 3.05) is 24.5 Å². The van der Waals surface area contributed by atoms with Crippen LogP contribution in [0.4, 0.5) is 5.69 Å². The van der Waals surface area contributed by atoms with Crippen molar-refractivity contribution in [2.45, 2.75) is 25.2 Å². The highest BCUT2D eigenvalue weighted by molar-refractivity contribution is 9.10. The molecule has 2 N–H and O–H groups in total. The minimum absolute atomic E-state index is 0.0335. The van der Waals surface area contributed by atoms with Crippen LogP contribution >= 0.6 is 15.9 Å². The van der Waals surface area contributed by atoms with Crippen molar-refractivity contribution in [2.24, 2.45) is 0 Å². The summed E-state index contributed by atoms with van der Waals surface area (Å²) in [4.78, 5) is 23.5. The van der Waals surface area contributed by atoms with Gasteiger partial charge in [0, 0.05) is 12.1 Å². The van der Waals surface area contributed by atoms with Crippen LogP contribution in [0.5, 0.6) is 5.75 Å². The van der Waals surface area contributed by atoms with E-state index in [1.165, 1.54) is 24.3 Å². The predicted molar refractivity (Wildman–Crippen MR) is 116 cm³/mol. The van der Waals surface area contributed by atoms with Gasteiger partial charge < -0.3 is 14.8 Å². The van der Waals surface area contributed by atoms with E-state index >= 15 is 0 Å². The topological polar surface area (TPSA) is 111 Å². The van der Waals surface area contributed by atoms with Crippen LogP contribution in [0.1, 0.15) is 30.6 Å². The predicted octanol–water partition coefficient (Wildman–Crippen LogP) is 3.33. The normalized spacial score (nSPS) is 10.9. The zero-order valence-corrected chi connectivity index (χ0v) is 19.0. The summed E-state index contributed by atoms with van der Waals surface area (Å²) in [5, 5.41) is 2.57. The second-order valence-electron chi connectivity index (χ2n) is 6.02. The summed E-state index contributed by atoms with van der Waals surface area (Å²) in [7, 11) is -3.92. The van der Waals surface area contributed by atoms with Crippen LogP contribution < -0.4 is 14.8 Å². The Morgan fingerprint density at radius 3 is 2.50 bits per heavy atom. The molecule has 0 aliphatic carbocycles. The van der Waals surface area contributed by atoms with E-state index in [9.17, 15) is 18.0 Å². The maximum absolute atomic E-state index is 12.7. The van der Waals surface area contributed by atoms with Crippen LogP contribution in [0.2, 0.25) is 0 Å². The summed E-state index contributed by atoms with van der Waals surface area (Å²) in [6, 6.07) is 10.5. The number of hydrogen-bond acceptors (Lipinski definition) is 6. The number of nitrogens with one attached hydrogen (secondary N) is 2. The molecule has 10 heteroatoms. The Balaban J connectivity index is 2.09. The number of rotatable bonds is 10. The van der Waals surface area contributed by atoms with Gasteiger partial charge in [-0.25, -0.2) is 8.42 Å². The highest BCUT2D eigenvalue weighted by Crippen LogP contribution is 2.29. The van der Waals surface area contributed by atoms with Crippen LogP contribution in [0.25, 0.3) is 0 Å². The molecule has 1 amide bonds. The summed E-state index contributed by atoms with van der Waals surface area (Å²) >= 11 is 3.34. The van der Waals surface area contributed by atoms with Gasteiger partial charge in [-0.05, 0) is 66.2 Å². The van der Waals surface area contributed by atoms with Crippen LogP contribution in [-0.2, 0) is 19.6 Å². The average Bonchev–Trinajstić information content (AvgIpc) is 2.70. The highest BCUT2D eigenvalue weighted by Gasteiger charge is 2.17. The maximum atomic E-state index is 12.7. The van der Waals surface area contributed by atoms with Gasteiger partial charge in [-0.15, -0.1) is 0 Å². The molecule has 162 valence electrons. The number of ether oxygens (including phenoxy) is 2. The van der Waals surface area contributed by atoms with Crippen molar-refractivity contribution in [3.05, 3.63) is 52.5 Å². The van der Waals surface area contributed by atoms with Crippen molar-refractivity contribution in [3.63, 3.8) is 0 Å². The first-order chi connectivity index (χ1) is 14.3. The zero-order chi connectivity index (χ0) is 22.1. The van der Waals surface area contributed by atoms with Crippen LogP contribution in [-0.4, -0.2) is 40.1 Å². The Hall–Kier alpha value is -2.59. The third-order valence-corrected chi connectivity index (χ3v) is 5.81. The molecule has 0 bridgehead atoms. The molecule has 0 saturated carbocycles. The van der Waals surface area contributed by atoms with Gasteiger partial charge in [-0.2, -0.15) is 0 Å².